The van der Waals surface area contributed by atoms with Crippen molar-refractivity contribution < 1.29 is 32.2 Å². The number of carbonyl (C=O) groups excluding carboxylic acids is 2. The van der Waals surface area contributed by atoms with Gasteiger partial charge in [-0.1, -0.05) is 24.3 Å². The molecule has 3 N–H and O–H groups in total. The molecule has 1 aliphatic rings. The van der Waals surface area contributed by atoms with Crippen molar-refractivity contribution in [3.63, 3.8) is 0 Å². The van der Waals surface area contributed by atoms with Crippen LogP contribution in [0.4, 0.5) is 24.5 Å². The molecular weight excluding hydrogens is 491 g/mol. The van der Waals surface area contributed by atoms with Crippen molar-refractivity contribution in [3.05, 3.63) is 77.6 Å². The van der Waals surface area contributed by atoms with Gasteiger partial charge in [-0.25, -0.2) is 9.97 Å². The predicted octanol–water partition coefficient (Wildman–Crippen LogP) is 3.45. The zero-order chi connectivity index (χ0) is 26.5. The number of anilines is 2. The highest BCUT2D eigenvalue weighted by atomic mass is 19.4. The minimum Gasteiger partial charge on any atom is -0.467 e. The molecule has 1 fully saturated rings. The maximum absolute atomic E-state index is 13.2. The molecule has 2 heterocycles. The van der Waals surface area contributed by atoms with Crippen LogP contribution < -0.4 is 20.7 Å². The molecule has 2 amide bonds. The number of amides is 2. The Morgan fingerprint density at radius 3 is 2.41 bits per heavy atom. The van der Waals surface area contributed by atoms with Gasteiger partial charge in [-0.15, -0.1) is 0 Å². The van der Waals surface area contributed by atoms with E-state index in [1.807, 2.05) is 0 Å². The van der Waals surface area contributed by atoms with Crippen molar-refractivity contribution in [3.8, 4) is 6.01 Å². The molecule has 1 aliphatic heterocycles. The Morgan fingerprint density at radius 1 is 1.08 bits per heavy atom. The molecule has 0 bridgehead atoms. The standard InChI is InChI=1S/C25H24F3N5O4/c1-36-23-30-13-17(14-31-23)21(34)33-24(10-11-37-15-24)22(35)29-12-16-6-8-18(9-7-16)32-20-5-3-2-4-19(20)25(26,27)28/h2-9,13-14,32H,10-12,15H2,1H3,(H,29,35)(H,33,34). The lowest BCUT2D eigenvalue weighted by Gasteiger charge is -2.27. The summed E-state index contributed by atoms with van der Waals surface area (Å²) in [5, 5.41) is 8.32. The third kappa shape index (κ3) is 6.15. The van der Waals surface area contributed by atoms with Gasteiger partial charge in [0.25, 0.3) is 5.91 Å². The van der Waals surface area contributed by atoms with E-state index in [0.29, 0.717) is 17.9 Å². The molecular formula is C25H24F3N5O4. The topological polar surface area (TPSA) is 114 Å². The highest BCUT2D eigenvalue weighted by Crippen LogP contribution is 2.35. The fraction of sp³-hybridized carbons (Fsp3) is 0.280. The minimum absolute atomic E-state index is 0.00303. The molecule has 4 rings (SSSR count). The quantitative estimate of drug-likeness (QED) is 0.421. The second-order valence-electron chi connectivity index (χ2n) is 8.35. The van der Waals surface area contributed by atoms with Crippen LogP contribution in [0.2, 0.25) is 0 Å². The lowest BCUT2D eigenvalue weighted by molar-refractivity contribution is -0.137. The number of methoxy groups -OCH3 is 1. The number of nitrogens with zero attached hydrogens (tertiary/aromatic N) is 2. The first-order valence-electron chi connectivity index (χ1n) is 11.3. The molecule has 0 saturated carbocycles. The Morgan fingerprint density at radius 2 is 1.78 bits per heavy atom. The molecule has 194 valence electrons. The van der Waals surface area contributed by atoms with Gasteiger partial charge in [0.2, 0.25) is 5.91 Å². The summed E-state index contributed by atoms with van der Waals surface area (Å²) < 4.78 is 50.0. The molecule has 0 aliphatic carbocycles. The van der Waals surface area contributed by atoms with Crippen LogP contribution >= 0.6 is 0 Å². The maximum atomic E-state index is 13.2. The molecule has 3 aromatic rings. The van der Waals surface area contributed by atoms with Crippen molar-refractivity contribution in [2.45, 2.75) is 24.7 Å². The van der Waals surface area contributed by atoms with Crippen LogP contribution in [0, 0.1) is 0 Å². The molecule has 9 nitrogen and oxygen atoms in total. The summed E-state index contributed by atoms with van der Waals surface area (Å²) in [7, 11) is 1.40. The minimum atomic E-state index is -4.48. The summed E-state index contributed by atoms with van der Waals surface area (Å²) in [4.78, 5) is 33.6. The first-order valence-corrected chi connectivity index (χ1v) is 11.3. The normalized spacial score (nSPS) is 17.2. The zero-order valence-electron chi connectivity index (χ0n) is 19.8. The summed E-state index contributed by atoms with van der Waals surface area (Å²) in [6.45, 7) is 0.442. The smallest absolute Gasteiger partial charge is 0.418 e. The van der Waals surface area contributed by atoms with Gasteiger partial charge < -0.3 is 25.4 Å². The molecule has 37 heavy (non-hydrogen) atoms. The van der Waals surface area contributed by atoms with Gasteiger partial charge in [-0.3, -0.25) is 9.59 Å². The number of benzene rings is 2. The molecule has 1 aromatic heterocycles. The van der Waals surface area contributed by atoms with E-state index in [-0.39, 0.29) is 36.8 Å². The number of ether oxygens (including phenoxy) is 2. The molecule has 0 radical (unpaired) electrons. The molecule has 1 atom stereocenters. The molecule has 0 spiro atoms. The van der Waals surface area contributed by atoms with Crippen molar-refractivity contribution >= 4 is 23.2 Å². The Bertz CT molecular complexity index is 1240. The van der Waals surface area contributed by atoms with Crippen LogP contribution in [0.3, 0.4) is 0 Å². The fourth-order valence-corrected chi connectivity index (χ4v) is 3.78. The number of halogens is 3. The van der Waals surface area contributed by atoms with Crippen LogP contribution in [0.15, 0.2) is 60.9 Å². The largest absolute Gasteiger partial charge is 0.467 e. The van der Waals surface area contributed by atoms with Gasteiger partial charge in [0.05, 0.1) is 30.5 Å². The summed E-state index contributed by atoms with van der Waals surface area (Å²) >= 11 is 0. The summed E-state index contributed by atoms with van der Waals surface area (Å²) in [5.74, 6) is -0.952. The number of aromatic nitrogens is 2. The van der Waals surface area contributed by atoms with Crippen LogP contribution in [0.25, 0.3) is 0 Å². The van der Waals surface area contributed by atoms with E-state index in [2.05, 4.69) is 25.9 Å². The van der Waals surface area contributed by atoms with E-state index in [9.17, 15) is 22.8 Å². The number of alkyl halides is 3. The highest BCUT2D eigenvalue weighted by molar-refractivity contribution is 5.99. The lowest BCUT2D eigenvalue weighted by Crippen LogP contribution is -2.59. The first-order chi connectivity index (χ1) is 17.7. The van der Waals surface area contributed by atoms with Crippen molar-refractivity contribution in [2.75, 3.05) is 25.6 Å². The predicted molar refractivity (Wildman–Crippen MR) is 127 cm³/mol. The molecule has 1 saturated heterocycles. The van der Waals surface area contributed by atoms with Crippen LogP contribution in [-0.2, 0) is 22.3 Å². The molecule has 12 heteroatoms. The average molecular weight is 515 g/mol. The third-order valence-electron chi connectivity index (χ3n) is 5.80. The van der Waals surface area contributed by atoms with Crippen LogP contribution in [-0.4, -0.2) is 47.6 Å². The van der Waals surface area contributed by atoms with Crippen molar-refractivity contribution in [1.82, 2.24) is 20.6 Å². The first kappa shape index (κ1) is 25.9. The Hall–Kier alpha value is -4.19. The van der Waals surface area contributed by atoms with E-state index in [1.54, 1.807) is 24.3 Å². The number of hydrogen-bond acceptors (Lipinski definition) is 7. The highest BCUT2D eigenvalue weighted by Gasteiger charge is 2.43. The lowest BCUT2D eigenvalue weighted by atomic mass is 9.96. The maximum Gasteiger partial charge on any atom is 0.418 e. The van der Waals surface area contributed by atoms with Crippen molar-refractivity contribution in [2.24, 2.45) is 0 Å². The summed E-state index contributed by atoms with van der Waals surface area (Å²) in [6, 6.07) is 11.9. The summed E-state index contributed by atoms with van der Waals surface area (Å²) in [6.07, 6.45) is -1.61. The van der Waals surface area contributed by atoms with Gasteiger partial charge in [0.15, 0.2) is 0 Å². The second kappa shape index (κ2) is 10.8. The average Bonchev–Trinajstić information content (AvgIpc) is 3.37. The van der Waals surface area contributed by atoms with Gasteiger partial charge >= 0.3 is 12.2 Å². The fourth-order valence-electron chi connectivity index (χ4n) is 3.78. The van der Waals surface area contributed by atoms with Crippen LogP contribution in [0.5, 0.6) is 6.01 Å². The summed E-state index contributed by atoms with van der Waals surface area (Å²) in [5.41, 5.74) is -0.751. The number of nitrogens with one attached hydrogen (secondary N) is 3. The number of rotatable bonds is 8. The van der Waals surface area contributed by atoms with E-state index < -0.39 is 29.1 Å². The van der Waals surface area contributed by atoms with E-state index in [0.717, 1.165) is 6.07 Å². The second-order valence-corrected chi connectivity index (χ2v) is 8.35. The number of para-hydroxylation sites is 1. The van der Waals surface area contributed by atoms with Gasteiger partial charge in [-0.2, -0.15) is 13.2 Å². The van der Waals surface area contributed by atoms with Crippen molar-refractivity contribution in [1.29, 1.82) is 0 Å². The Kier molecular flexibility index (Phi) is 7.58. The monoisotopic (exact) mass is 515 g/mol. The van der Waals surface area contributed by atoms with Gasteiger partial charge in [0.1, 0.15) is 5.54 Å². The van der Waals surface area contributed by atoms with E-state index in [4.69, 9.17) is 9.47 Å². The SMILES string of the molecule is COc1ncc(C(=O)NC2(C(=O)NCc3ccc(Nc4ccccc4C(F)(F)F)cc3)CCOC2)cn1. The number of carbonyl (C=O) groups is 2. The molecule has 2 aromatic carbocycles. The van der Waals surface area contributed by atoms with Gasteiger partial charge in [0, 0.05) is 37.7 Å². The Balaban J connectivity index is 1.38. The van der Waals surface area contributed by atoms with Gasteiger partial charge in [-0.05, 0) is 29.8 Å². The number of hydrogen-bond donors (Lipinski definition) is 3. The van der Waals surface area contributed by atoms with E-state index in [1.165, 1.54) is 37.7 Å². The Labute approximate surface area is 210 Å². The zero-order valence-corrected chi connectivity index (χ0v) is 19.8. The molecule has 1 unspecified atom stereocenters. The third-order valence-corrected chi connectivity index (χ3v) is 5.80. The van der Waals surface area contributed by atoms with Crippen LogP contribution in [0.1, 0.15) is 27.9 Å². The van der Waals surface area contributed by atoms with E-state index >= 15 is 0 Å².